The molecule has 1 heterocycles. The molecule has 0 radical (unpaired) electrons. The summed E-state index contributed by atoms with van der Waals surface area (Å²) in [5.41, 5.74) is 1.67. The predicted octanol–water partition coefficient (Wildman–Crippen LogP) is 3.82. The second-order valence-corrected chi connectivity index (χ2v) is 7.57. The minimum Gasteiger partial charge on any atom is -0.434 e. The maximum absolute atomic E-state index is 11.7. The van der Waals surface area contributed by atoms with E-state index >= 15 is 0 Å². The van der Waals surface area contributed by atoms with Crippen molar-refractivity contribution in [2.24, 2.45) is 0 Å². The van der Waals surface area contributed by atoms with Crippen LogP contribution in [0.2, 0.25) is 0 Å². The van der Waals surface area contributed by atoms with Crippen LogP contribution in [0.4, 0.5) is 9.59 Å². The van der Waals surface area contributed by atoms with E-state index in [1.165, 1.54) is 0 Å². The monoisotopic (exact) mass is 430 g/mol. The molecule has 166 valence electrons. The molecule has 0 saturated carbocycles. The number of aliphatic hydroxyl groups is 1. The van der Waals surface area contributed by atoms with Crippen LogP contribution in [0.15, 0.2) is 48.5 Å². The van der Waals surface area contributed by atoms with E-state index in [1.54, 1.807) is 24.3 Å². The number of carbonyl (C=O) groups is 2. The summed E-state index contributed by atoms with van der Waals surface area (Å²) in [6, 6.07) is 14.3. The van der Waals surface area contributed by atoms with Gasteiger partial charge in [-0.1, -0.05) is 38.1 Å². The highest BCUT2D eigenvalue weighted by molar-refractivity contribution is 5.64. The second kappa shape index (κ2) is 10.3. The van der Waals surface area contributed by atoms with Crippen molar-refractivity contribution >= 4 is 12.3 Å². The lowest BCUT2D eigenvalue weighted by Crippen LogP contribution is -2.19. The molecule has 1 unspecified atom stereocenters. The van der Waals surface area contributed by atoms with Gasteiger partial charge in [0.1, 0.15) is 24.2 Å². The molecule has 1 N–H and O–H groups in total. The average molecular weight is 430 g/mol. The molecule has 1 atom stereocenters. The molecule has 1 aliphatic heterocycles. The van der Waals surface area contributed by atoms with Gasteiger partial charge in [-0.05, 0) is 35.4 Å². The lowest BCUT2D eigenvalue weighted by atomic mass is 9.78. The van der Waals surface area contributed by atoms with E-state index in [0.29, 0.717) is 24.5 Å². The topological polar surface area (TPSA) is 104 Å². The molecule has 0 aliphatic carbocycles. The lowest BCUT2D eigenvalue weighted by molar-refractivity contribution is 0.0911. The first-order valence-electron chi connectivity index (χ1n) is 10.0. The number of rotatable bonds is 9. The number of ether oxygens (including phenoxy) is 5. The number of hydrogen-bond acceptors (Lipinski definition) is 8. The Hall–Kier alpha value is -3.10. The number of epoxide rings is 1. The highest BCUT2D eigenvalue weighted by Crippen LogP contribution is 2.33. The quantitative estimate of drug-likeness (QED) is 0.277. The molecule has 8 nitrogen and oxygen atoms in total. The van der Waals surface area contributed by atoms with Crippen LogP contribution < -0.4 is 9.47 Å². The van der Waals surface area contributed by atoms with Gasteiger partial charge in [0.05, 0.1) is 13.2 Å². The highest BCUT2D eigenvalue weighted by Gasteiger charge is 2.25. The SMILES string of the molecule is CC(C)(c1ccc(OC(=O)OCCCO)cc1)c1ccc(OC(=O)OCC2CO2)cc1. The zero-order valence-electron chi connectivity index (χ0n) is 17.5. The standard InChI is InChI=1S/C23H26O8/c1-23(2,16-4-8-18(9-5-16)30-21(25)27-13-3-12-24)17-6-10-19(11-7-17)31-22(26)29-15-20-14-28-20/h4-11,20,24H,3,12-15H2,1-2H3. The minimum absolute atomic E-state index is 0.00979. The molecule has 0 bridgehead atoms. The summed E-state index contributed by atoms with van der Waals surface area (Å²) in [6.45, 7) is 4.98. The second-order valence-electron chi connectivity index (χ2n) is 7.57. The molecule has 1 saturated heterocycles. The van der Waals surface area contributed by atoms with Crippen molar-refractivity contribution in [3.05, 3.63) is 59.7 Å². The van der Waals surface area contributed by atoms with Gasteiger partial charge in [-0.25, -0.2) is 9.59 Å². The van der Waals surface area contributed by atoms with Gasteiger partial charge in [-0.2, -0.15) is 0 Å². The van der Waals surface area contributed by atoms with Crippen LogP contribution in [-0.4, -0.2) is 49.9 Å². The molecular formula is C23H26O8. The van der Waals surface area contributed by atoms with Gasteiger partial charge in [0.2, 0.25) is 0 Å². The molecule has 0 amide bonds. The summed E-state index contributed by atoms with van der Waals surface area (Å²) in [5, 5.41) is 8.70. The van der Waals surface area contributed by atoms with E-state index in [-0.39, 0.29) is 31.3 Å². The lowest BCUT2D eigenvalue weighted by Gasteiger charge is -2.26. The summed E-state index contributed by atoms with van der Waals surface area (Å²) in [7, 11) is 0. The summed E-state index contributed by atoms with van der Waals surface area (Å²) < 4.78 is 25.1. The Labute approximate surface area is 180 Å². The van der Waals surface area contributed by atoms with E-state index in [1.807, 2.05) is 24.3 Å². The number of benzene rings is 2. The van der Waals surface area contributed by atoms with Gasteiger partial charge in [-0.15, -0.1) is 0 Å². The van der Waals surface area contributed by atoms with Crippen molar-refractivity contribution < 1.29 is 38.4 Å². The van der Waals surface area contributed by atoms with Crippen LogP contribution in [-0.2, 0) is 19.6 Å². The Kier molecular flexibility index (Phi) is 7.49. The summed E-state index contributed by atoms with van der Waals surface area (Å²) in [5.74, 6) is 0.761. The Balaban J connectivity index is 1.57. The van der Waals surface area contributed by atoms with Crippen molar-refractivity contribution in [3.8, 4) is 11.5 Å². The van der Waals surface area contributed by atoms with Gasteiger partial charge in [0, 0.05) is 18.4 Å². The summed E-state index contributed by atoms with van der Waals surface area (Å²) in [4.78, 5) is 23.3. The van der Waals surface area contributed by atoms with Crippen LogP contribution in [0, 0.1) is 0 Å². The molecule has 31 heavy (non-hydrogen) atoms. The van der Waals surface area contributed by atoms with Crippen LogP contribution in [0.1, 0.15) is 31.4 Å². The largest absolute Gasteiger partial charge is 0.513 e. The van der Waals surface area contributed by atoms with Crippen molar-refractivity contribution in [3.63, 3.8) is 0 Å². The van der Waals surface area contributed by atoms with Crippen molar-refractivity contribution in [2.75, 3.05) is 26.4 Å². The fraction of sp³-hybridized carbons (Fsp3) is 0.391. The van der Waals surface area contributed by atoms with Gasteiger partial charge in [0.25, 0.3) is 0 Å². The summed E-state index contributed by atoms with van der Waals surface area (Å²) >= 11 is 0. The Morgan fingerprint density at radius 2 is 1.42 bits per heavy atom. The number of carbonyl (C=O) groups excluding carboxylic acids is 2. The van der Waals surface area contributed by atoms with Crippen molar-refractivity contribution in [2.45, 2.75) is 31.8 Å². The van der Waals surface area contributed by atoms with Crippen LogP contribution >= 0.6 is 0 Å². The predicted molar refractivity (Wildman–Crippen MR) is 110 cm³/mol. The van der Waals surface area contributed by atoms with E-state index in [4.69, 9.17) is 28.8 Å². The molecule has 0 spiro atoms. The zero-order chi connectivity index (χ0) is 22.3. The third-order valence-corrected chi connectivity index (χ3v) is 4.87. The molecular weight excluding hydrogens is 404 g/mol. The van der Waals surface area contributed by atoms with E-state index < -0.39 is 12.3 Å². The highest BCUT2D eigenvalue weighted by atomic mass is 16.7. The van der Waals surface area contributed by atoms with Crippen LogP contribution in [0.5, 0.6) is 11.5 Å². The fourth-order valence-corrected chi connectivity index (χ4v) is 2.84. The minimum atomic E-state index is -0.806. The zero-order valence-corrected chi connectivity index (χ0v) is 17.5. The first kappa shape index (κ1) is 22.6. The van der Waals surface area contributed by atoms with Gasteiger partial charge < -0.3 is 28.8 Å². The molecule has 3 rings (SSSR count). The third kappa shape index (κ3) is 6.70. The van der Waals surface area contributed by atoms with E-state index in [2.05, 4.69) is 13.8 Å². The smallest absolute Gasteiger partial charge is 0.434 e. The van der Waals surface area contributed by atoms with E-state index in [0.717, 1.165) is 11.1 Å². The molecule has 2 aromatic carbocycles. The van der Waals surface area contributed by atoms with Crippen molar-refractivity contribution in [1.29, 1.82) is 0 Å². The van der Waals surface area contributed by atoms with Crippen LogP contribution in [0.3, 0.4) is 0 Å². The maximum Gasteiger partial charge on any atom is 0.513 e. The molecule has 1 aliphatic rings. The fourth-order valence-electron chi connectivity index (χ4n) is 2.84. The Bertz CT molecular complexity index is 869. The third-order valence-electron chi connectivity index (χ3n) is 4.87. The maximum atomic E-state index is 11.7. The van der Waals surface area contributed by atoms with E-state index in [9.17, 15) is 9.59 Å². The number of aliphatic hydroxyl groups excluding tert-OH is 1. The number of hydrogen-bond donors (Lipinski definition) is 1. The first-order chi connectivity index (χ1) is 14.9. The van der Waals surface area contributed by atoms with Gasteiger partial charge in [0.15, 0.2) is 0 Å². The van der Waals surface area contributed by atoms with Crippen LogP contribution in [0.25, 0.3) is 0 Å². The first-order valence-corrected chi connectivity index (χ1v) is 10.0. The molecule has 8 heteroatoms. The molecule has 2 aromatic rings. The van der Waals surface area contributed by atoms with Gasteiger partial charge in [-0.3, -0.25) is 0 Å². The summed E-state index contributed by atoms with van der Waals surface area (Å²) in [6.07, 6.45) is -1.21. The average Bonchev–Trinajstić information content (AvgIpc) is 3.58. The van der Waals surface area contributed by atoms with Gasteiger partial charge >= 0.3 is 12.3 Å². The Morgan fingerprint density at radius 1 is 0.935 bits per heavy atom. The normalized spacial score (nSPS) is 15.1. The molecule has 0 aromatic heterocycles. The Morgan fingerprint density at radius 3 is 1.87 bits per heavy atom. The van der Waals surface area contributed by atoms with Crippen molar-refractivity contribution in [1.82, 2.24) is 0 Å². The molecule has 1 fully saturated rings.